The van der Waals surface area contributed by atoms with Crippen LogP contribution < -0.4 is 11.3 Å². The average molecular weight is 251 g/mol. The van der Waals surface area contributed by atoms with Gasteiger partial charge in [-0.15, -0.1) is 0 Å². The van der Waals surface area contributed by atoms with Crippen LogP contribution in [0.3, 0.4) is 0 Å². The van der Waals surface area contributed by atoms with E-state index >= 15 is 0 Å². The summed E-state index contributed by atoms with van der Waals surface area (Å²) < 4.78 is 1.83. The van der Waals surface area contributed by atoms with Gasteiger partial charge < -0.3 is 0 Å². The van der Waals surface area contributed by atoms with E-state index in [0.717, 1.165) is 16.8 Å². The van der Waals surface area contributed by atoms with Crippen LogP contribution >= 0.6 is 11.6 Å². The second kappa shape index (κ2) is 4.87. The Labute approximate surface area is 105 Å². The van der Waals surface area contributed by atoms with Gasteiger partial charge in [-0.3, -0.25) is 10.5 Å². The third kappa shape index (κ3) is 2.34. The Morgan fingerprint density at radius 3 is 2.47 bits per heavy atom. The summed E-state index contributed by atoms with van der Waals surface area (Å²) in [4.78, 5) is 0. The number of hydrogen-bond donors (Lipinski definition) is 2. The van der Waals surface area contributed by atoms with Crippen LogP contribution in [0, 0.1) is 6.92 Å². The number of rotatable bonds is 3. The van der Waals surface area contributed by atoms with Crippen molar-refractivity contribution in [2.24, 2.45) is 12.9 Å². The Morgan fingerprint density at radius 2 is 2.00 bits per heavy atom. The molecule has 0 bridgehead atoms. The predicted octanol–water partition coefficient (Wildman–Crippen LogP) is 1.93. The molecule has 1 aromatic heterocycles. The highest BCUT2D eigenvalue weighted by molar-refractivity contribution is 6.30. The minimum Gasteiger partial charge on any atom is -0.273 e. The van der Waals surface area contributed by atoms with Crippen molar-refractivity contribution in [3.8, 4) is 0 Å². The van der Waals surface area contributed by atoms with E-state index < -0.39 is 0 Å². The van der Waals surface area contributed by atoms with Crippen molar-refractivity contribution >= 4 is 11.6 Å². The van der Waals surface area contributed by atoms with Gasteiger partial charge >= 0.3 is 0 Å². The van der Waals surface area contributed by atoms with Gasteiger partial charge in [-0.1, -0.05) is 23.7 Å². The molecule has 0 spiro atoms. The Kier molecular flexibility index (Phi) is 3.47. The van der Waals surface area contributed by atoms with Crippen molar-refractivity contribution in [2.75, 3.05) is 0 Å². The fourth-order valence-electron chi connectivity index (χ4n) is 1.82. The molecule has 90 valence electrons. The summed E-state index contributed by atoms with van der Waals surface area (Å²) in [5, 5.41) is 4.94. The average Bonchev–Trinajstić information content (AvgIpc) is 2.65. The summed E-state index contributed by atoms with van der Waals surface area (Å²) in [7, 11) is 1.91. The van der Waals surface area contributed by atoms with Crippen molar-refractivity contribution in [3.63, 3.8) is 0 Å². The van der Waals surface area contributed by atoms with Crippen molar-refractivity contribution in [1.82, 2.24) is 15.2 Å². The summed E-state index contributed by atoms with van der Waals surface area (Å²) in [6.45, 7) is 2.02. The van der Waals surface area contributed by atoms with Crippen LogP contribution in [0.25, 0.3) is 0 Å². The number of aryl methyl sites for hydroxylation is 1. The highest BCUT2D eigenvalue weighted by atomic mass is 35.5. The molecule has 2 aromatic rings. The molecule has 0 saturated heterocycles. The number of hydrazine groups is 1. The summed E-state index contributed by atoms with van der Waals surface area (Å²) in [5.41, 5.74) is 6.03. The van der Waals surface area contributed by atoms with Crippen LogP contribution in [0.1, 0.15) is 22.9 Å². The SMILES string of the molecule is Cc1c(C(NN)c2ccc(Cl)cc2)cnn1C. The summed E-state index contributed by atoms with van der Waals surface area (Å²) in [5.74, 6) is 5.63. The van der Waals surface area contributed by atoms with Crippen LogP contribution in [0.5, 0.6) is 0 Å². The van der Waals surface area contributed by atoms with Gasteiger partial charge in [0.25, 0.3) is 0 Å². The minimum atomic E-state index is -0.0685. The van der Waals surface area contributed by atoms with Gasteiger partial charge in [0.15, 0.2) is 0 Å². The standard InChI is InChI=1S/C12H15ClN4/c1-8-11(7-15-17(8)2)12(16-14)9-3-5-10(13)6-4-9/h3-7,12,16H,14H2,1-2H3. The lowest BCUT2D eigenvalue weighted by Crippen LogP contribution is -2.29. The van der Waals surface area contributed by atoms with Gasteiger partial charge in [0, 0.05) is 23.3 Å². The van der Waals surface area contributed by atoms with E-state index in [4.69, 9.17) is 17.4 Å². The number of aromatic nitrogens is 2. The van der Waals surface area contributed by atoms with Crippen molar-refractivity contribution in [2.45, 2.75) is 13.0 Å². The van der Waals surface area contributed by atoms with Gasteiger partial charge in [0.05, 0.1) is 12.2 Å². The molecule has 5 heteroatoms. The number of nitrogens with zero attached hydrogens (tertiary/aromatic N) is 2. The quantitative estimate of drug-likeness (QED) is 0.647. The number of nitrogens with one attached hydrogen (secondary N) is 1. The highest BCUT2D eigenvalue weighted by Gasteiger charge is 2.17. The van der Waals surface area contributed by atoms with Gasteiger partial charge in [-0.05, 0) is 24.6 Å². The van der Waals surface area contributed by atoms with E-state index in [0.29, 0.717) is 5.02 Å². The molecule has 2 rings (SSSR count). The first-order valence-corrected chi connectivity index (χ1v) is 5.71. The Hall–Kier alpha value is -1.36. The van der Waals surface area contributed by atoms with Crippen molar-refractivity contribution in [1.29, 1.82) is 0 Å². The Balaban J connectivity index is 2.40. The van der Waals surface area contributed by atoms with E-state index in [1.165, 1.54) is 0 Å². The molecule has 0 aliphatic rings. The maximum Gasteiger partial charge on any atom is 0.0743 e. The van der Waals surface area contributed by atoms with Crippen molar-refractivity contribution < 1.29 is 0 Å². The molecule has 3 N–H and O–H groups in total. The topological polar surface area (TPSA) is 55.9 Å². The minimum absolute atomic E-state index is 0.0685. The second-order valence-electron chi connectivity index (χ2n) is 3.96. The zero-order chi connectivity index (χ0) is 12.4. The fraction of sp³-hybridized carbons (Fsp3) is 0.250. The smallest absolute Gasteiger partial charge is 0.0743 e. The number of benzene rings is 1. The molecule has 0 aliphatic carbocycles. The van der Waals surface area contributed by atoms with Gasteiger partial charge in [-0.25, -0.2) is 5.43 Å². The molecule has 0 amide bonds. The molecular weight excluding hydrogens is 236 g/mol. The van der Waals surface area contributed by atoms with Crippen LogP contribution in [0.15, 0.2) is 30.5 Å². The third-order valence-electron chi connectivity index (χ3n) is 2.95. The number of hydrogen-bond acceptors (Lipinski definition) is 3. The molecule has 0 saturated carbocycles. The van der Waals surface area contributed by atoms with Crippen LogP contribution in [-0.4, -0.2) is 9.78 Å². The van der Waals surface area contributed by atoms with Gasteiger partial charge in [-0.2, -0.15) is 5.10 Å². The fourth-order valence-corrected chi connectivity index (χ4v) is 1.95. The Morgan fingerprint density at radius 1 is 1.35 bits per heavy atom. The first-order chi connectivity index (χ1) is 8.13. The molecular formula is C12H15ClN4. The predicted molar refractivity (Wildman–Crippen MR) is 68.6 cm³/mol. The molecule has 0 radical (unpaired) electrons. The number of halogens is 1. The third-order valence-corrected chi connectivity index (χ3v) is 3.21. The number of nitrogens with two attached hydrogens (primary N) is 1. The van der Waals surface area contributed by atoms with Gasteiger partial charge in [0.2, 0.25) is 0 Å². The maximum absolute atomic E-state index is 5.87. The van der Waals surface area contributed by atoms with E-state index in [9.17, 15) is 0 Å². The van der Waals surface area contributed by atoms with E-state index in [-0.39, 0.29) is 6.04 Å². The molecule has 1 unspecified atom stereocenters. The first kappa shape index (κ1) is 12.1. The largest absolute Gasteiger partial charge is 0.273 e. The molecule has 1 aromatic carbocycles. The molecule has 4 nitrogen and oxygen atoms in total. The van der Waals surface area contributed by atoms with Crippen LogP contribution in [0.2, 0.25) is 5.02 Å². The summed E-state index contributed by atoms with van der Waals surface area (Å²) in [6.07, 6.45) is 1.83. The Bertz CT molecular complexity index is 504. The van der Waals surface area contributed by atoms with E-state index in [2.05, 4.69) is 10.5 Å². The maximum atomic E-state index is 5.87. The van der Waals surface area contributed by atoms with E-state index in [1.54, 1.807) is 0 Å². The normalized spacial score (nSPS) is 12.7. The second-order valence-corrected chi connectivity index (χ2v) is 4.40. The highest BCUT2D eigenvalue weighted by Crippen LogP contribution is 2.24. The molecule has 0 aliphatic heterocycles. The lowest BCUT2D eigenvalue weighted by Gasteiger charge is -2.16. The summed E-state index contributed by atoms with van der Waals surface area (Å²) in [6, 6.07) is 7.55. The zero-order valence-corrected chi connectivity index (χ0v) is 10.6. The first-order valence-electron chi connectivity index (χ1n) is 5.33. The summed E-state index contributed by atoms with van der Waals surface area (Å²) >= 11 is 5.87. The molecule has 17 heavy (non-hydrogen) atoms. The van der Waals surface area contributed by atoms with Crippen LogP contribution in [-0.2, 0) is 7.05 Å². The monoisotopic (exact) mass is 250 g/mol. The van der Waals surface area contributed by atoms with E-state index in [1.807, 2.05) is 49.1 Å². The van der Waals surface area contributed by atoms with Crippen LogP contribution in [0.4, 0.5) is 0 Å². The molecule has 1 heterocycles. The lowest BCUT2D eigenvalue weighted by atomic mass is 10.0. The molecule has 0 fully saturated rings. The van der Waals surface area contributed by atoms with Gasteiger partial charge in [0.1, 0.15) is 0 Å². The molecule has 1 atom stereocenters. The zero-order valence-electron chi connectivity index (χ0n) is 9.81. The van der Waals surface area contributed by atoms with Crippen molar-refractivity contribution in [3.05, 3.63) is 52.3 Å². The lowest BCUT2D eigenvalue weighted by molar-refractivity contribution is 0.630.